The van der Waals surface area contributed by atoms with Crippen molar-refractivity contribution in [2.24, 2.45) is 0 Å². The molecule has 180 valence electrons. The molecule has 0 unspecified atom stereocenters. The van der Waals surface area contributed by atoms with Gasteiger partial charge in [-0.25, -0.2) is 0 Å². The molecule has 2 fully saturated rings. The lowest BCUT2D eigenvalue weighted by molar-refractivity contribution is 0.0491. The number of halogens is 1. The second-order valence-corrected chi connectivity index (χ2v) is 10.1. The molecule has 1 N–H and O–H groups in total. The summed E-state index contributed by atoms with van der Waals surface area (Å²) in [7, 11) is 2.19. The van der Waals surface area contributed by atoms with E-state index in [9.17, 15) is 5.11 Å². The number of aryl methyl sites for hydroxylation is 1. The summed E-state index contributed by atoms with van der Waals surface area (Å²) in [4.78, 5) is 7.36. The van der Waals surface area contributed by atoms with Crippen LogP contribution in [0.4, 0.5) is 0 Å². The Bertz CT molecular complexity index is 909. The van der Waals surface area contributed by atoms with Crippen molar-refractivity contribution in [3.8, 4) is 5.75 Å². The molecule has 2 aromatic rings. The molecule has 0 spiro atoms. The molecule has 2 atom stereocenters. The molecule has 2 aliphatic heterocycles. The van der Waals surface area contributed by atoms with E-state index in [0.717, 1.165) is 75.0 Å². The van der Waals surface area contributed by atoms with Crippen molar-refractivity contribution in [1.82, 2.24) is 14.7 Å². The minimum Gasteiger partial charge on any atom is -0.489 e. The summed E-state index contributed by atoms with van der Waals surface area (Å²) >= 11 is 6.36. The number of aliphatic hydroxyl groups excluding tert-OH is 1. The maximum atomic E-state index is 10.9. The monoisotopic (exact) mass is 471 g/mol. The summed E-state index contributed by atoms with van der Waals surface area (Å²) in [5.74, 6) is 0.887. The van der Waals surface area contributed by atoms with E-state index in [4.69, 9.17) is 16.3 Å². The van der Waals surface area contributed by atoms with Crippen molar-refractivity contribution >= 4 is 11.6 Å². The lowest BCUT2D eigenvalue weighted by Crippen LogP contribution is -2.45. The number of hydrogen-bond donors (Lipinski definition) is 1. The third-order valence-corrected chi connectivity index (χ3v) is 7.28. The van der Waals surface area contributed by atoms with Gasteiger partial charge < -0.3 is 14.7 Å². The average molecular weight is 472 g/mol. The van der Waals surface area contributed by atoms with Crippen molar-refractivity contribution in [1.29, 1.82) is 0 Å². The minimum absolute atomic E-state index is 0.248. The minimum atomic E-state index is -0.269. The van der Waals surface area contributed by atoms with Crippen LogP contribution in [0.2, 0.25) is 5.02 Å². The van der Waals surface area contributed by atoms with E-state index in [2.05, 4.69) is 52.9 Å². The van der Waals surface area contributed by atoms with Crippen LogP contribution in [0, 0.1) is 6.92 Å². The van der Waals surface area contributed by atoms with Gasteiger partial charge in [-0.1, -0.05) is 41.4 Å². The summed E-state index contributed by atoms with van der Waals surface area (Å²) in [5, 5.41) is 11.7. The van der Waals surface area contributed by atoms with E-state index in [1.54, 1.807) is 0 Å². The van der Waals surface area contributed by atoms with Gasteiger partial charge in [-0.05, 0) is 70.1 Å². The summed E-state index contributed by atoms with van der Waals surface area (Å²) < 4.78 is 6.22. The van der Waals surface area contributed by atoms with Crippen molar-refractivity contribution in [2.75, 3.05) is 46.3 Å². The predicted octanol–water partition coefficient (Wildman–Crippen LogP) is 4.19. The summed E-state index contributed by atoms with van der Waals surface area (Å²) in [6, 6.07) is 14.6. The van der Waals surface area contributed by atoms with Gasteiger partial charge in [-0.3, -0.25) is 9.80 Å². The zero-order valence-electron chi connectivity index (χ0n) is 20.0. The number of benzene rings is 2. The Kier molecular flexibility index (Phi) is 8.67. The molecule has 2 saturated heterocycles. The number of nitrogens with zero attached hydrogens (tertiary/aromatic N) is 3. The van der Waals surface area contributed by atoms with E-state index >= 15 is 0 Å². The first kappa shape index (κ1) is 24.5. The molecular weight excluding hydrogens is 434 g/mol. The van der Waals surface area contributed by atoms with Gasteiger partial charge in [0.2, 0.25) is 0 Å². The predicted molar refractivity (Wildman–Crippen MR) is 135 cm³/mol. The Morgan fingerprint density at radius 2 is 1.85 bits per heavy atom. The van der Waals surface area contributed by atoms with Gasteiger partial charge in [0.15, 0.2) is 0 Å². The Labute approximate surface area is 203 Å². The summed E-state index contributed by atoms with van der Waals surface area (Å²) in [6.45, 7) is 9.63. The Hall–Kier alpha value is -1.63. The van der Waals surface area contributed by atoms with Crippen molar-refractivity contribution < 1.29 is 9.84 Å². The molecule has 0 aliphatic carbocycles. The molecule has 0 aromatic heterocycles. The van der Waals surface area contributed by atoms with Crippen LogP contribution in [0.15, 0.2) is 42.5 Å². The molecule has 33 heavy (non-hydrogen) atoms. The van der Waals surface area contributed by atoms with E-state index < -0.39 is 0 Å². The molecular formula is C27H38ClN3O2. The lowest BCUT2D eigenvalue weighted by atomic mass is 10.0. The maximum Gasteiger partial charge on any atom is 0.124 e. The summed E-state index contributed by atoms with van der Waals surface area (Å²) in [6.07, 6.45) is 2.70. The van der Waals surface area contributed by atoms with Crippen LogP contribution < -0.4 is 4.74 Å². The number of likely N-dealkylation sites (N-methyl/N-ethyl adjacent to an activating group) is 1. The highest BCUT2D eigenvalue weighted by atomic mass is 35.5. The van der Waals surface area contributed by atoms with Gasteiger partial charge in [0.05, 0.1) is 6.10 Å². The van der Waals surface area contributed by atoms with Crippen LogP contribution in [-0.4, -0.2) is 78.3 Å². The van der Waals surface area contributed by atoms with Crippen LogP contribution in [0.25, 0.3) is 0 Å². The number of ether oxygens (including phenoxy) is 1. The molecule has 0 bridgehead atoms. The first-order chi connectivity index (χ1) is 16.0. The van der Waals surface area contributed by atoms with E-state index in [0.29, 0.717) is 6.61 Å². The normalized spacial score (nSPS) is 23.8. The number of rotatable bonds is 6. The quantitative estimate of drug-likeness (QED) is 0.684. The Morgan fingerprint density at radius 3 is 2.70 bits per heavy atom. The van der Waals surface area contributed by atoms with Crippen LogP contribution >= 0.6 is 11.6 Å². The lowest BCUT2D eigenvalue weighted by Gasteiger charge is -2.32. The molecule has 0 amide bonds. The Balaban J connectivity index is 1.39. The fourth-order valence-corrected chi connectivity index (χ4v) is 5.32. The Morgan fingerprint density at radius 1 is 1.00 bits per heavy atom. The molecule has 5 nitrogen and oxygen atoms in total. The SMILES string of the molecule is Cc1cccc(COc2ccc(Cl)cc2CN2CC[C@H](O)[C@@H](N3CCCN(C)CC3)CC2)c1. The fraction of sp³-hybridized carbons (Fsp3) is 0.556. The number of hydrogen-bond acceptors (Lipinski definition) is 5. The highest BCUT2D eigenvalue weighted by Crippen LogP contribution is 2.27. The molecule has 2 heterocycles. The smallest absolute Gasteiger partial charge is 0.124 e. The fourth-order valence-electron chi connectivity index (χ4n) is 5.12. The van der Waals surface area contributed by atoms with Crippen LogP contribution in [0.5, 0.6) is 5.75 Å². The molecule has 0 radical (unpaired) electrons. The van der Waals surface area contributed by atoms with Crippen molar-refractivity contribution in [2.45, 2.75) is 51.5 Å². The number of likely N-dealkylation sites (tertiary alicyclic amines) is 1. The highest BCUT2D eigenvalue weighted by Gasteiger charge is 2.30. The first-order valence-corrected chi connectivity index (χ1v) is 12.7. The zero-order valence-corrected chi connectivity index (χ0v) is 20.8. The van der Waals surface area contributed by atoms with Crippen molar-refractivity contribution in [3.63, 3.8) is 0 Å². The van der Waals surface area contributed by atoms with E-state index in [1.807, 2.05) is 18.2 Å². The van der Waals surface area contributed by atoms with Gasteiger partial charge in [0.25, 0.3) is 0 Å². The first-order valence-electron chi connectivity index (χ1n) is 12.3. The standard InChI is InChI=1S/C27H38ClN3O2/c1-21-5-3-6-22(17-21)20-33-27-8-7-24(28)18-23(27)19-30-13-9-25(26(32)10-14-30)31-12-4-11-29(2)15-16-31/h3,5-8,17-18,25-26,32H,4,9-16,19-20H2,1-2H3/t25-,26-/m0/s1. The molecule has 0 saturated carbocycles. The average Bonchev–Trinajstić information content (AvgIpc) is 3.11. The molecule has 2 aliphatic rings. The third kappa shape index (κ3) is 6.93. The second-order valence-electron chi connectivity index (χ2n) is 9.71. The number of aliphatic hydroxyl groups is 1. The second kappa shape index (κ2) is 11.7. The van der Waals surface area contributed by atoms with E-state index in [1.165, 1.54) is 17.5 Å². The summed E-state index contributed by atoms with van der Waals surface area (Å²) in [5.41, 5.74) is 3.51. The van der Waals surface area contributed by atoms with E-state index in [-0.39, 0.29) is 12.1 Å². The topological polar surface area (TPSA) is 39.2 Å². The third-order valence-electron chi connectivity index (χ3n) is 7.04. The van der Waals surface area contributed by atoms with Crippen LogP contribution in [-0.2, 0) is 13.2 Å². The van der Waals surface area contributed by atoms with Crippen LogP contribution in [0.3, 0.4) is 0 Å². The van der Waals surface area contributed by atoms with Gasteiger partial charge in [0, 0.05) is 49.4 Å². The van der Waals surface area contributed by atoms with Crippen molar-refractivity contribution in [3.05, 3.63) is 64.2 Å². The molecule has 6 heteroatoms. The molecule has 4 rings (SSSR count). The van der Waals surface area contributed by atoms with Crippen LogP contribution in [0.1, 0.15) is 36.0 Å². The highest BCUT2D eigenvalue weighted by molar-refractivity contribution is 6.30. The zero-order chi connectivity index (χ0) is 23.2. The van der Waals surface area contributed by atoms with Gasteiger partial charge in [-0.15, -0.1) is 0 Å². The largest absolute Gasteiger partial charge is 0.489 e. The maximum absolute atomic E-state index is 10.9. The van der Waals surface area contributed by atoms with Gasteiger partial charge in [-0.2, -0.15) is 0 Å². The molecule has 2 aromatic carbocycles. The van der Waals surface area contributed by atoms with Gasteiger partial charge >= 0.3 is 0 Å². The van der Waals surface area contributed by atoms with Gasteiger partial charge in [0.1, 0.15) is 12.4 Å².